The molecule has 0 fully saturated rings. The Hall–Kier alpha value is -2.35. The van der Waals surface area contributed by atoms with Crippen molar-refractivity contribution in [2.45, 2.75) is 26.8 Å². The van der Waals surface area contributed by atoms with Gasteiger partial charge in [0.15, 0.2) is 16.3 Å². The van der Waals surface area contributed by atoms with Crippen LogP contribution in [0.3, 0.4) is 0 Å². The number of nitrogens with zero attached hydrogens (tertiary/aromatic N) is 2. The van der Waals surface area contributed by atoms with Gasteiger partial charge in [0.25, 0.3) is 5.56 Å². The fourth-order valence-corrected chi connectivity index (χ4v) is 6.75. The minimum absolute atomic E-state index is 0.0137. The van der Waals surface area contributed by atoms with Crippen LogP contribution in [0, 0.1) is 3.57 Å². The average molecular weight is 734 g/mol. The number of rotatable bonds is 7. The van der Waals surface area contributed by atoms with Gasteiger partial charge < -0.3 is 19.3 Å². The van der Waals surface area contributed by atoms with Crippen molar-refractivity contribution >= 4 is 73.5 Å². The van der Waals surface area contributed by atoms with E-state index in [-0.39, 0.29) is 23.5 Å². The molecule has 200 valence electrons. The van der Waals surface area contributed by atoms with Gasteiger partial charge in [0, 0.05) is 15.1 Å². The summed E-state index contributed by atoms with van der Waals surface area (Å²) in [4.78, 5) is 32.0. The Labute approximate surface area is 249 Å². The molecule has 38 heavy (non-hydrogen) atoms. The molecule has 1 aliphatic heterocycles. The van der Waals surface area contributed by atoms with Crippen LogP contribution in [0.2, 0.25) is 5.02 Å². The van der Waals surface area contributed by atoms with Gasteiger partial charge in [-0.2, -0.15) is 0 Å². The molecule has 1 aliphatic rings. The molecule has 3 aromatic rings. The van der Waals surface area contributed by atoms with Crippen molar-refractivity contribution < 1.29 is 24.1 Å². The molecule has 0 aliphatic carbocycles. The molecule has 1 aromatic heterocycles. The van der Waals surface area contributed by atoms with Crippen LogP contribution in [0.1, 0.15) is 37.9 Å². The van der Waals surface area contributed by atoms with E-state index in [1.807, 2.05) is 29.5 Å². The summed E-state index contributed by atoms with van der Waals surface area (Å²) in [6, 6.07) is 5.83. The first-order chi connectivity index (χ1) is 18.1. The minimum Gasteiger partial charge on any atom is -0.506 e. The number of phenolic OH excluding ortho intramolecular Hbond substituents is 1. The molecule has 0 unspecified atom stereocenters. The van der Waals surface area contributed by atoms with E-state index in [2.05, 4.69) is 20.9 Å². The SMILES string of the molecule is CCOC(=O)C1=C(C)N=c2s/c(=C/c3cc(Cl)cc(I)c3O)c(=O)n2[C@@H]1c1cc(OC)c(OCC)cc1Br. The highest BCUT2D eigenvalue weighted by Gasteiger charge is 2.35. The summed E-state index contributed by atoms with van der Waals surface area (Å²) >= 11 is 12.9. The second kappa shape index (κ2) is 11.8. The highest BCUT2D eigenvalue weighted by Crippen LogP contribution is 2.41. The third kappa shape index (κ3) is 5.38. The molecule has 0 radical (unpaired) electrons. The van der Waals surface area contributed by atoms with Crippen LogP contribution in [0.15, 0.2) is 49.8 Å². The largest absolute Gasteiger partial charge is 0.506 e. The number of aromatic nitrogens is 1. The molecular formula is C26H23BrClIN2O6S. The molecule has 0 amide bonds. The lowest BCUT2D eigenvalue weighted by Crippen LogP contribution is -2.40. The van der Waals surface area contributed by atoms with Crippen LogP contribution in [0.5, 0.6) is 17.2 Å². The van der Waals surface area contributed by atoms with Crippen LogP contribution >= 0.6 is 61.5 Å². The Kier molecular flexibility index (Phi) is 8.90. The number of hydrogen-bond donors (Lipinski definition) is 1. The molecule has 0 spiro atoms. The van der Waals surface area contributed by atoms with E-state index >= 15 is 0 Å². The van der Waals surface area contributed by atoms with Crippen molar-refractivity contribution in [2.75, 3.05) is 20.3 Å². The molecule has 12 heteroatoms. The van der Waals surface area contributed by atoms with Crippen LogP contribution in [-0.4, -0.2) is 36.0 Å². The predicted molar refractivity (Wildman–Crippen MR) is 158 cm³/mol. The molecule has 0 bridgehead atoms. The number of allylic oxidation sites excluding steroid dienone is 1. The zero-order valence-electron chi connectivity index (χ0n) is 20.8. The normalized spacial score (nSPS) is 15.2. The first kappa shape index (κ1) is 28.7. The zero-order valence-corrected chi connectivity index (χ0v) is 26.1. The molecule has 1 atom stereocenters. The van der Waals surface area contributed by atoms with E-state index in [4.69, 9.17) is 25.8 Å². The lowest BCUT2D eigenvalue weighted by molar-refractivity contribution is -0.139. The van der Waals surface area contributed by atoms with Gasteiger partial charge >= 0.3 is 5.97 Å². The molecular weight excluding hydrogens is 711 g/mol. The standard InChI is InChI=1S/C26H23BrClIN2O6S/c1-5-36-19-11-16(27)15(10-18(19)35-4)22-21(25(34)37-6-2)12(3)30-26-31(22)24(33)20(38-26)8-13-7-14(28)9-17(29)23(13)32/h7-11,22,32H,5-6H2,1-4H3/b20-8+/t22-/m1/s1. The van der Waals surface area contributed by atoms with Crippen molar-refractivity contribution in [3.05, 3.63) is 79.4 Å². The van der Waals surface area contributed by atoms with Gasteiger partial charge in [-0.3, -0.25) is 9.36 Å². The molecule has 4 rings (SSSR count). The Morgan fingerprint density at radius 1 is 1.26 bits per heavy atom. The number of phenols is 1. The van der Waals surface area contributed by atoms with E-state index in [9.17, 15) is 14.7 Å². The quantitative estimate of drug-likeness (QED) is 0.273. The number of halogens is 3. The van der Waals surface area contributed by atoms with Crippen LogP contribution in [-0.2, 0) is 9.53 Å². The Bertz CT molecular complexity index is 1650. The second-order valence-corrected chi connectivity index (χ2v) is 11.5. The average Bonchev–Trinajstić information content (AvgIpc) is 3.16. The number of carbonyl (C=O) groups excluding carboxylic acids is 1. The Morgan fingerprint density at radius 2 is 2.00 bits per heavy atom. The van der Waals surface area contributed by atoms with Crippen molar-refractivity contribution in [1.82, 2.24) is 4.57 Å². The topological polar surface area (TPSA) is 99.4 Å². The number of fused-ring (bicyclic) bond motifs is 1. The molecule has 1 N–H and O–H groups in total. The molecule has 2 heterocycles. The summed E-state index contributed by atoms with van der Waals surface area (Å²) in [5.74, 6) is 0.403. The van der Waals surface area contributed by atoms with E-state index in [0.717, 1.165) is 11.3 Å². The van der Waals surface area contributed by atoms with Gasteiger partial charge in [0.05, 0.1) is 45.7 Å². The number of hydrogen-bond acceptors (Lipinski definition) is 8. The molecule has 0 saturated heterocycles. The van der Waals surface area contributed by atoms with E-state index in [1.54, 1.807) is 44.2 Å². The first-order valence-corrected chi connectivity index (χ1v) is 14.6. The number of benzene rings is 2. The number of thiazole rings is 1. The van der Waals surface area contributed by atoms with Gasteiger partial charge in [-0.15, -0.1) is 0 Å². The lowest BCUT2D eigenvalue weighted by Gasteiger charge is -2.26. The minimum atomic E-state index is -0.862. The summed E-state index contributed by atoms with van der Waals surface area (Å²) in [7, 11) is 1.52. The third-order valence-electron chi connectivity index (χ3n) is 5.74. The summed E-state index contributed by atoms with van der Waals surface area (Å²) in [6.45, 7) is 5.88. The second-order valence-electron chi connectivity index (χ2n) is 8.09. The maximum Gasteiger partial charge on any atom is 0.338 e. The van der Waals surface area contributed by atoms with Gasteiger partial charge in [-0.05, 0) is 79.3 Å². The Balaban J connectivity index is 2.02. The first-order valence-electron chi connectivity index (χ1n) is 11.5. The summed E-state index contributed by atoms with van der Waals surface area (Å²) in [6.07, 6.45) is 1.57. The van der Waals surface area contributed by atoms with Crippen LogP contribution in [0.4, 0.5) is 0 Å². The van der Waals surface area contributed by atoms with Gasteiger partial charge in [0.2, 0.25) is 0 Å². The molecule has 0 saturated carbocycles. The van der Waals surface area contributed by atoms with Gasteiger partial charge in [-0.25, -0.2) is 9.79 Å². The highest BCUT2D eigenvalue weighted by atomic mass is 127. The number of esters is 1. The third-order valence-corrected chi connectivity index (χ3v) is 8.45. The number of ether oxygens (including phenoxy) is 3. The van der Waals surface area contributed by atoms with Gasteiger partial charge in [-0.1, -0.05) is 38.9 Å². The fourth-order valence-electron chi connectivity index (χ4n) is 4.11. The predicted octanol–water partition coefficient (Wildman–Crippen LogP) is 4.93. The maximum absolute atomic E-state index is 13.9. The van der Waals surface area contributed by atoms with Crippen LogP contribution in [0.25, 0.3) is 6.08 Å². The van der Waals surface area contributed by atoms with E-state index in [0.29, 0.717) is 57.3 Å². The van der Waals surface area contributed by atoms with Crippen molar-refractivity contribution in [3.63, 3.8) is 0 Å². The number of methoxy groups -OCH3 is 1. The van der Waals surface area contributed by atoms with Gasteiger partial charge in [0.1, 0.15) is 5.75 Å². The summed E-state index contributed by atoms with van der Waals surface area (Å²) in [5.41, 5.74) is 1.27. The summed E-state index contributed by atoms with van der Waals surface area (Å²) in [5, 5.41) is 11.0. The molecule has 2 aromatic carbocycles. The van der Waals surface area contributed by atoms with Crippen molar-refractivity contribution in [2.24, 2.45) is 4.99 Å². The summed E-state index contributed by atoms with van der Waals surface area (Å²) < 4.78 is 19.6. The number of carbonyl (C=O) groups is 1. The Morgan fingerprint density at radius 3 is 2.66 bits per heavy atom. The fraction of sp³-hybridized carbons (Fsp3) is 0.269. The monoisotopic (exact) mass is 732 g/mol. The van der Waals surface area contributed by atoms with E-state index in [1.165, 1.54) is 11.7 Å². The van der Waals surface area contributed by atoms with E-state index < -0.39 is 12.0 Å². The lowest BCUT2D eigenvalue weighted by atomic mass is 9.95. The van der Waals surface area contributed by atoms with Crippen LogP contribution < -0.4 is 24.4 Å². The zero-order chi connectivity index (χ0) is 27.7. The number of aromatic hydroxyl groups is 1. The highest BCUT2D eigenvalue weighted by molar-refractivity contribution is 14.1. The smallest absolute Gasteiger partial charge is 0.338 e. The van der Waals surface area contributed by atoms with Crippen molar-refractivity contribution in [3.8, 4) is 17.2 Å². The molecule has 8 nitrogen and oxygen atoms in total. The maximum atomic E-state index is 13.9. The van der Waals surface area contributed by atoms with Crippen molar-refractivity contribution in [1.29, 1.82) is 0 Å².